The summed E-state index contributed by atoms with van der Waals surface area (Å²) < 4.78 is 62.8. The second-order valence-electron chi connectivity index (χ2n) is 15.6. The lowest BCUT2D eigenvalue weighted by Gasteiger charge is -2.50. The Morgan fingerprint density at radius 1 is 0.919 bits per heavy atom. The minimum Gasteiger partial charge on any atom is -0.458 e. The van der Waals surface area contributed by atoms with Gasteiger partial charge in [0, 0.05) is 43.6 Å². The Labute approximate surface area is 354 Å². The second-order valence-corrected chi connectivity index (χ2v) is 15.6. The first-order valence-corrected chi connectivity index (χ1v) is 20.1. The maximum Gasteiger partial charge on any atom is 0.422 e. The summed E-state index contributed by atoms with van der Waals surface area (Å²) >= 11 is 0. The van der Waals surface area contributed by atoms with E-state index in [9.17, 15) is 32.7 Å². The van der Waals surface area contributed by atoms with Gasteiger partial charge >= 0.3 is 18.1 Å². The van der Waals surface area contributed by atoms with Crippen LogP contribution >= 0.6 is 0 Å². The number of nitrogens with zero attached hydrogens (tertiary/aromatic N) is 2. The van der Waals surface area contributed by atoms with Gasteiger partial charge in [0.25, 0.3) is 0 Å². The Morgan fingerprint density at radius 3 is 2.18 bits per heavy atom. The van der Waals surface area contributed by atoms with E-state index < -0.39 is 84.2 Å². The van der Waals surface area contributed by atoms with Crippen LogP contribution in [0, 0.1) is 5.41 Å². The number of fused-ring (bicyclic) bond motifs is 4. The van der Waals surface area contributed by atoms with Crippen molar-refractivity contribution in [3.8, 4) is 0 Å². The lowest BCUT2D eigenvalue weighted by molar-refractivity contribution is -0.214. The number of rotatable bonds is 14. The molecule has 0 unspecified atom stereocenters. The third-order valence-electron chi connectivity index (χ3n) is 11.8. The predicted octanol–water partition coefficient (Wildman–Crippen LogP) is 4.47. The molecule has 16 heteroatoms. The molecule has 4 aromatic rings. The minimum absolute atomic E-state index is 0.0578. The van der Waals surface area contributed by atoms with Crippen molar-refractivity contribution in [2.24, 2.45) is 5.41 Å². The minimum atomic E-state index is -4.71. The number of amides is 2. The van der Waals surface area contributed by atoms with Gasteiger partial charge < -0.3 is 34.3 Å². The molecule has 0 aromatic heterocycles. The van der Waals surface area contributed by atoms with Gasteiger partial charge in [0.1, 0.15) is 35.9 Å². The standard InChI is InChI=1S/C46H44F3N3O10/c1-51(34(41(55)50-23-24-53)25-29-13-5-2-6-14-29)43(57)44-26-35-37-38(61-46(60-37,32-17-7-3-8-18-32)33-19-9-4-10-20-33)40(44)62-52(39(44)42(56)59-35)27-31-16-12-11-15-30(31)21-22-36(54)58-28-45(47,48)49/h2-22,34-35,37-40,53H,23-28H2,1H3,(H,50,55)/t34-,35-,37+,38+,39+,40-,44+/m1/s1. The first kappa shape index (κ1) is 42.8. The summed E-state index contributed by atoms with van der Waals surface area (Å²) in [7, 11) is 1.50. The summed E-state index contributed by atoms with van der Waals surface area (Å²) in [6.45, 7) is -2.31. The molecular weight excluding hydrogens is 812 g/mol. The second kappa shape index (κ2) is 17.5. The van der Waals surface area contributed by atoms with Crippen LogP contribution in [0.1, 0.15) is 34.2 Å². The van der Waals surface area contributed by atoms with Crippen LogP contribution in [0.5, 0.6) is 0 Å². The predicted molar refractivity (Wildman–Crippen MR) is 214 cm³/mol. The molecule has 0 spiro atoms. The van der Waals surface area contributed by atoms with Crippen LogP contribution in [0.4, 0.5) is 13.2 Å². The Bertz CT molecular complexity index is 2260. The van der Waals surface area contributed by atoms with Gasteiger partial charge in [0.2, 0.25) is 17.6 Å². The van der Waals surface area contributed by atoms with Crippen molar-refractivity contribution in [3.05, 3.63) is 149 Å². The molecule has 62 heavy (non-hydrogen) atoms. The smallest absolute Gasteiger partial charge is 0.422 e. The molecular formula is C46H44F3N3O10. The highest BCUT2D eigenvalue weighted by molar-refractivity contribution is 5.96. The van der Waals surface area contributed by atoms with Crippen LogP contribution in [0.3, 0.4) is 0 Å². The van der Waals surface area contributed by atoms with Crippen LogP contribution < -0.4 is 5.32 Å². The fourth-order valence-corrected chi connectivity index (χ4v) is 9.05. The highest BCUT2D eigenvalue weighted by Gasteiger charge is 2.77. The number of halogens is 3. The number of esters is 2. The summed E-state index contributed by atoms with van der Waals surface area (Å²) in [5.74, 6) is -4.63. The van der Waals surface area contributed by atoms with E-state index >= 15 is 4.79 Å². The molecule has 2 bridgehead atoms. The van der Waals surface area contributed by atoms with Gasteiger partial charge in [0.15, 0.2) is 12.6 Å². The number of aliphatic hydroxyl groups is 1. The van der Waals surface area contributed by atoms with Crippen LogP contribution in [-0.4, -0.2) is 108 Å². The summed E-state index contributed by atoms with van der Waals surface area (Å²) in [4.78, 5) is 64.5. The van der Waals surface area contributed by atoms with E-state index in [1.165, 1.54) is 23.1 Å². The third kappa shape index (κ3) is 8.11. The molecule has 3 heterocycles. The molecule has 4 aliphatic rings. The zero-order valence-corrected chi connectivity index (χ0v) is 33.5. The fraction of sp³-hybridized carbons (Fsp3) is 0.348. The molecule has 13 nitrogen and oxygen atoms in total. The number of hydrogen-bond acceptors (Lipinski definition) is 11. The van der Waals surface area contributed by atoms with Crippen LogP contribution in [0.2, 0.25) is 0 Å². The van der Waals surface area contributed by atoms with E-state index in [4.69, 9.17) is 19.0 Å². The van der Waals surface area contributed by atoms with E-state index in [1.807, 2.05) is 91.0 Å². The van der Waals surface area contributed by atoms with Crippen molar-refractivity contribution in [2.45, 2.75) is 67.8 Å². The lowest BCUT2D eigenvalue weighted by Crippen LogP contribution is -2.70. The lowest BCUT2D eigenvalue weighted by atomic mass is 9.62. The maximum absolute atomic E-state index is 15.7. The number of hydroxylamine groups is 2. The molecule has 4 fully saturated rings. The highest BCUT2D eigenvalue weighted by atomic mass is 19.4. The Kier molecular flexibility index (Phi) is 12.0. The maximum atomic E-state index is 15.7. The Morgan fingerprint density at radius 2 is 1.53 bits per heavy atom. The van der Waals surface area contributed by atoms with Crippen molar-refractivity contribution in [1.82, 2.24) is 15.3 Å². The van der Waals surface area contributed by atoms with Gasteiger partial charge in [-0.3, -0.25) is 19.2 Å². The highest BCUT2D eigenvalue weighted by Crippen LogP contribution is 2.60. The summed E-state index contributed by atoms with van der Waals surface area (Å²) in [6, 6.07) is 31.8. The third-order valence-corrected chi connectivity index (χ3v) is 11.8. The monoisotopic (exact) mass is 855 g/mol. The van der Waals surface area contributed by atoms with Gasteiger partial charge in [-0.15, -0.1) is 0 Å². The number of carbonyl (C=O) groups is 4. The van der Waals surface area contributed by atoms with Gasteiger partial charge in [-0.1, -0.05) is 115 Å². The zero-order valence-electron chi connectivity index (χ0n) is 33.5. The van der Waals surface area contributed by atoms with Gasteiger partial charge in [-0.25, -0.2) is 4.79 Å². The molecule has 0 radical (unpaired) electrons. The molecule has 1 aliphatic carbocycles. The first-order valence-electron chi connectivity index (χ1n) is 20.1. The Hall–Kier alpha value is -5.91. The van der Waals surface area contributed by atoms with E-state index in [-0.39, 0.29) is 32.5 Å². The molecule has 4 aromatic carbocycles. The molecule has 1 saturated carbocycles. The number of aliphatic hydroxyl groups excluding tert-OH is 1. The number of nitrogens with one attached hydrogen (secondary N) is 1. The van der Waals surface area contributed by atoms with Crippen molar-refractivity contribution in [3.63, 3.8) is 0 Å². The number of hydrogen-bond donors (Lipinski definition) is 2. The van der Waals surface area contributed by atoms with E-state index in [0.29, 0.717) is 22.3 Å². The van der Waals surface area contributed by atoms with Crippen molar-refractivity contribution >= 4 is 29.8 Å². The Balaban J connectivity index is 1.21. The fourth-order valence-electron chi connectivity index (χ4n) is 9.05. The van der Waals surface area contributed by atoms with Crippen LogP contribution in [0.25, 0.3) is 6.08 Å². The van der Waals surface area contributed by atoms with Crippen LogP contribution in [0.15, 0.2) is 121 Å². The van der Waals surface area contributed by atoms with E-state index in [1.54, 1.807) is 24.3 Å². The summed E-state index contributed by atoms with van der Waals surface area (Å²) in [6.07, 6.45) is -6.66. The first-order chi connectivity index (χ1) is 29.8. The summed E-state index contributed by atoms with van der Waals surface area (Å²) in [5, 5.41) is 13.6. The number of carbonyl (C=O) groups excluding carboxylic acids is 4. The summed E-state index contributed by atoms with van der Waals surface area (Å²) in [5.41, 5.74) is 1.19. The average Bonchev–Trinajstić information content (AvgIpc) is 3.86. The van der Waals surface area contributed by atoms with Gasteiger partial charge in [0.05, 0.1) is 13.2 Å². The number of alkyl halides is 3. The van der Waals surface area contributed by atoms with E-state index in [0.717, 1.165) is 11.6 Å². The van der Waals surface area contributed by atoms with Gasteiger partial charge in [-0.2, -0.15) is 18.2 Å². The van der Waals surface area contributed by atoms with Crippen molar-refractivity contribution < 1.29 is 61.2 Å². The SMILES string of the molecule is CN(C(=O)[C@@]12C[C@H]3OC(=O)[C@@H]1N(Cc1ccccc1C=CC(=O)OCC(F)(F)F)O[C@@H]2[C@H]1OC(c2ccccc2)(c2ccccc2)O[C@H]13)[C@H](Cc1ccccc1)C(=O)NCCO. The molecule has 3 aliphatic heterocycles. The largest absolute Gasteiger partial charge is 0.458 e. The van der Waals surface area contributed by atoms with Crippen molar-refractivity contribution in [2.75, 3.05) is 26.8 Å². The topological polar surface area (TPSA) is 153 Å². The molecule has 7 atom stereocenters. The van der Waals surface area contributed by atoms with Crippen LogP contribution in [-0.2, 0) is 61.7 Å². The number of likely N-dealkylation sites (N-methyl/N-ethyl adjacent to an activating group) is 1. The number of ether oxygens (including phenoxy) is 4. The quantitative estimate of drug-likeness (QED) is 0.137. The molecule has 2 N–H and O–H groups in total. The zero-order chi connectivity index (χ0) is 43.6. The van der Waals surface area contributed by atoms with Gasteiger partial charge in [-0.05, 0) is 22.8 Å². The number of benzene rings is 4. The van der Waals surface area contributed by atoms with Crippen molar-refractivity contribution in [1.29, 1.82) is 0 Å². The van der Waals surface area contributed by atoms with E-state index in [2.05, 4.69) is 10.1 Å². The molecule has 324 valence electrons. The normalized spacial score (nSPS) is 25.4. The average molecular weight is 856 g/mol. The molecule has 2 amide bonds. The molecule has 3 saturated heterocycles. The molecule has 8 rings (SSSR count).